The number of benzene rings is 1. The van der Waals surface area contributed by atoms with Crippen molar-refractivity contribution in [3.63, 3.8) is 0 Å². The quantitative estimate of drug-likeness (QED) is 0.901. The van der Waals surface area contributed by atoms with E-state index < -0.39 is 6.61 Å². The summed E-state index contributed by atoms with van der Waals surface area (Å²) in [6.07, 6.45) is 4.72. The number of anilines is 1. The van der Waals surface area contributed by atoms with E-state index in [0.717, 1.165) is 11.3 Å². The average molecular weight is 265 g/mol. The molecular weight excluding hydrogens is 252 g/mol. The molecule has 0 saturated carbocycles. The van der Waals surface area contributed by atoms with E-state index in [2.05, 4.69) is 20.0 Å². The molecule has 1 atom stereocenters. The van der Waals surface area contributed by atoms with E-state index in [1.54, 1.807) is 24.5 Å². The van der Waals surface area contributed by atoms with Gasteiger partial charge in [-0.15, -0.1) is 0 Å². The first-order valence-electron chi connectivity index (χ1n) is 5.71. The van der Waals surface area contributed by atoms with Crippen molar-refractivity contribution in [2.45, 2.75) is 19.6 Å². The van der Waals surface area contributed by atoms with Gasteiger partial charge in [0.2, 0.25) is 0 Å². The number of nitrogens with zero attached hydrogens (tertiary/aromatic N) is 2. The normalized spacial score (nSPS) is 12.2. The molecule has 1 unspecified atom stereocenters. The molecule has 1 heterocycles. The number of alkyl halides is 2. The summed E-state index contributed by atoms with van der Waals surface area (Å²) in [5.41, 5.74) is 1.59. The van der Waals surface area contributed by atoms with Gasteiger partial charge in [-0.3, -0.25) is 0 Å². The smallest absolute Gasteiger partial charge is 0.387 e. The van der Waals surface area contributed by atoms with E-state index in [1.165, 1.54) is 12.4 Å². The van der Waals surface area contributed by atoms with Gasteiger partial charge >= 0.3 is 6.61 Å². The molecule has 0 saturated heterocycles. The van der Waals surface area contributed by atoms with Gasteiger partial charge in [-0.25, -0.2) is 9.97 Å². The predicted octanol–water partition coefficient (Wildman–Crippen LogP) is 3.25. The van der Waals surface area contributed by atoms with Crippen molar-refractivity contribution >= 4 is 5.69 Å². The van der Waals surface area contributed by atoms with Crippen LogP contribution in [0.1, 0.15) is 18.5 Å². The van der Waals surface area contributed by atoms with Crippen LogP contribution < -0.4 is 10.1 Å². The van der Waals surface area contributed by atoms with Crippen molar-refractivity contribution in [2.24, 2.45) is 0 Å². The Hall–Kier alpha value is -2.24. The summed E-state index contributed by atoms with van der Waals surface area (Å²) in [5.74, 6) is 0.144. The van der Waals surface area contributed by atoms with E-state index in [9.17, 15) is 8.78 Å². The minimum absolute atomic E-state index is 0.0766. The molecule has 1 N–H and O–H groups in total. The molecule has 0 spiro atoms. The van der Waals surface area contributed by atoms with Gasteiger partial charge in [0.1, 0.15) is 12.1 Å². The number of ether oxygens (including phenoxy) is 1. The fourth-order valence-corrected chi connectivity index (χ4v) is 1.67. The van der Waals surface area contributed by atoms with Crippen LogP contribution in [0.5, 0.6) is 5.75 Å². The standard InChI is InChI=1S/C13H13F2N3O/c1-9(18-11-6-16-8-17-7-11)10-3-2-4-12(5-10)19-13(14)15/h2-9,13,18H,1H3. The van der Waals surface area contributed by atoms with E-state index in [-0.39, 0.29) is 11.8 Å². The van der Waals surface area contributed by atoms with Crippen LogP contribution in [0.25, 0.3) is 0 Å². The number of halogens is 2. The van der Waals surface area contributed by atoms with Crippen molar-refractivity contribution in [3.05, 3.63) is 48.5 Å². The van der Waals surface area contributed by atoms with Crippen molar-refractivity contribution in [3.8, 4) is 5.75 Å². The summed E-state index contributed by atoms with van der Waals surface area (Å²) in [4.78, 5) is 7.78. The summed E-state index contributed by atoms with van der Waals surface area (Å²) in [7, 11) is 0. The third-order valence-corrected chi connectivity index (χ3v) is 2.53. The summed E-state index contributed by atoms with van der Waals surface area (Å²) in [5, 5.41) is 3.17. The highest BCUT2D eigenvalue weighted by molar-refractivity contribution is 5.42. The molecule has 19 heavy (non-hydrogen) atoms. The third-order valence-electron chi connectivity index (χ3n) is 2.53. The molecule has 0 radical (unpaired) electrons. The summed E-state index contributed by atoms with van der Waals surface area (Å²) >= 11 is 0. The second-order valence-corrected chi connectivity index (χ2v) is 3.94. The van der Waals surface area contributed by atoms with Gasteiger partial charge in [0, 0.05) is 6.04 Å². The first kappa shape index (κ1) is 13.2. The molecule has 0 aliphatic carbocycles. The Labute approximate surface area is 109 Å². The minimum atomic E-state index is -2.82. The molecule has 0 amide bonds. The molecule has 1 aromatic carbocycles. The first-order chi connectivity index (χ1) is 9.15. The summed E-state index contributed by atoms with van der Waals surface area (Å²) in [6.45, 7) is -0.907. The lowest BCUT2D eigenvalue weighted by Crippen LogP contribution is -2.08. The van der Waals surface area contributed by atoms with Gasteiger partial charge < -0.3 is 10.1 Å². The zero-order valence-corrected chi connectivity index (χ0v) is 10.3. The van der Waals surface area contributed by atoms with Gasteiger partial charge in [-0.2, -0.15) is 8.78 Å². The van der Waals surface area contributed by atoms with Crippen LogP contribution in [0.3, 0.4) is 0 Å². The molecule has 100 valence electrons. The minimum Gasteiger partial charge on any atom is -0.435 e. The fourth-order valence-electron chi connectivity index (χ4n) is 1.67. The average Bonchev–Trinajstić information content (AvgIpc) is 2.39. The highest BCUT2D eigenvalue weighted by Crippen LogP contribution is 2.23. The number of aromatic nitrogens is 2. The predicted molar refractivity (Wildman–Crippen MR) is 67.1 cm³/mol. The van der Waals surface area contributed by atoms with Gasteiger partial charge in [0.15, 0.2) is 0 Å². The Kier molecular flexibility index (Phi) is 4.22. The Morgan fingerprint density at radius 2 is 1.95 bits per heavy atom. The van der Waals surface area contributed by atoms with Crippen LogP contribution in [0.2, 0.25) is 0 Å². The molecule has 1 aromatic heterocycles. The number of hydrogen-bond acceptors (Lipinski definition) is 4. The van der Waals surface area contributed by atoms with E-state index in [1.807, 2.05) is 13.0 Å². The van der Waals surface area contributed by atoms with Crippen LogP contribution in [-0.4, -0.2) is 16.6 Å². The first-order valence-corrected chi connectivity index (χ1v) is 5.71. The van der Waals surface area contributed by atoms with Gasteiger partial charge in [-0.1, -0.05) is 12.1 Å². The van der Waals surface area contributed by atoms with Crippen LogP contribution in [0.4, 0.5) is 14.5 Å². The van der Waals surface area contributed by atoms with E-state index >= 15 is 0 Å². The van der Waals surface area contributed by atoms with Crippen LogP contribution in [-0.2, 0) is 0 Å². The lowest BCUT2D eigenvalue weighted by atomic mass is 10.1. The molecule has 0 bridgehead atoms. The second kappa shape index (κ2) is 6.08. The highest BCUT2D eigenvalue weighted by Gasteiger charge is 2.09. The summed E-state index contributed by atoms with van der Waals surface area (Å²) < 4.78 is 28.7. The molecule has 2 rings (SSSR count). The molecular formula is C13H13F2N3O. The van der Waals surface area contributed by atoms with Crippen molar-refractivity contribution in [2.75, 3.05) is 5.32 Å². The lowest BCUT2D eigenvalue weighted by molar-refractivity contribution is -0.0498. The maximum absolute atomic E-state index is 12.1. The van der Waals surface area contributed by atoms with Crippen molar-refractivity contribution in [1.82, 2.24) is 9.97 Å². The topological polar surface area (TPSA) is 47.0 Å². The lowest BCUT2D eigenvalue weighted by Gasteiger charge is -2.16. The number of rotatable bonds is 5. The third kappa shape index (κ3) is 3.87. The number of nitrogens with one attached hydrogen (secondary N) is 1. The van der Waals surface area contributed by atoms with Gasteiger partial charge in [-0.05, 0) is 24.6 Å². The molecule has 0 aliphatic heterocycles. The maximum Gasteiger partial charge on any atom is 0.387 e. The molecule has 0 fully saturated rings. The van der Waals surface area contributed by atoms with E-state index in [4.69, 9.17) is 0 Å². The molecule has 0 aliphatic rings. The Balaban J connectivity index is 2.08. The van der Waals surface area contributed by atoms with Gasteiger partial charge in [0.05, 0.1) is 18.1 Å². The van der Waals surface area contributed by atoms with Crippen LogP contribution in [0, 0.1) is 0 Å². The second-order valence-electron chi connectivity index (χ2n) is 3.94. The SMILES string of the molecule is CC(Nc1cncnc1)c1cccc(OC(F)F)c1. The molecule has 4 nitrogen and oxygen atoms in total. The Bertz CT molecular complexity index is 522. The fraction of sp³-hybridized carbons (Fsp3) is 0.231. The number of hydrogen-bond donors (Lipinski definition) is 1. The Morgan fingerprint density at radius 3 is 2.63 bits per heavy atom. The van der Waals surface area contributed by atoms with Crippen molar-refractivity contribution in [1.29, 1.82) is 0 Å². The molecule has 2 aromatic rings. The zero-order chi connectivity index (χ0) is 13.7. The zero-order valence-electron chi connectivity index (χ0n) is 10.3. The van der Waals surface area contributed by atoms with Crippen LogP contribution in [0.15, 0.2) is 43.0 Å². The van der Waals surface area contributed by atoms with Crippen molar-refractivity contribution < 1.29 is 13.5 Å². The monoisotopic (exact) mass is 265 g/mol. The van der Waals surface area contributed by atoms with Crippen LogP contribution >= 0.6 is 0 Å². The van der Waals surface area contributed by atoms with Gasteiger partial charge in [0.25, 0.3) is 0 Å². The molecule has 6 heteroatoms. The highest BCUT2D eigenvalue weighted by atomic mass is 19.3. The largest absolute Gasteiger partial charge is 0.435 e. The summed E-state index contributed by atoms with van der Waals surface area (Å²) in [6, 6.07) is 6.50. The maximum atomic E-state index is 12.1. The Morgan fingerprint density at radius 1 is 1.21 bits per heavy atom. The van der Waals surface area contributed by atoms with E-state index in [0.29, 0.717) is 0 Å².